The molecule has 2 aromatic heterocycles. The van der Waals surface area contributed by atoms with Gasteiger partial charge in [0.15, 0.2) is 0 Å². The fourth-order valence-corrected chi connectivity index (χ4v) is 3.67. The molecule has 23 heavy (non-hydrogen) atoms. The van der Waals surface area contributed by atoms with Gasteiger partial charge in [-0.25, -0.2) is 4.98 Å². The van der Waals surface area contributed by atoms with E-state index in [1.165, 1.54) is 11.3 Å². The second kappa shape index (κ2) is 7.66. The highest BCUT2D eigenvalue weighted by Crippen LogP contribution is 2.19. The van der Waals surface area contributed by atoms with E-state index in [1.807, 2.05) is 23.2 Å². The van der Waals surface area contributed by atoms with E-state index in [1.54, 1.807) is 12.4 Å². The summed E-state index contributed by atoms with van der Waals surface area (Å²) >= 11 is 1.50. The first kappa shape index (κ1) is 16.1. The van der Waals surface area contributed by atoms with Crippen molar-refractivity contribution in [1.82, 2.24) is 20.2 Å². The lowest BCUT2D eigenvalue weighted by molar-refractivity contribution is 0.0723. The van der Waals surface area contributed by atoms with Gasteiger partial charge in [-0.15, -0.1) is 11.3 Å². The van der Waals surface area contributed by atoms with E-state index in [2.05, 4.69) is 22.2 Å². The molecule has 1 saturated heterocycles. The van der Waals surface area contributed by atoms with Crippen molar-refractivity contribution in [3.8, 4) is 0 Å². The summed E-state index contributed by atoms with van der Waals surface area (Å²) in [5, 5.41) is 4.38. The SMILES string of the molecule is CCc1ncc(C(=O)N(Cc2cccnc2)C[C@H]2CCNC2)s1. The maximum Gasteiger partial charge on any atom is 0.265 e. The van der Waals surface area contributed by atoms with E-state index in [4.69, 9.17) is 0 Å². The molecule has 1 N–H and O–H groups in total. The van der Waals surface area contributed by atoms with Crippen LogP contribution in [0.1, 0.15) is 33.6 Å². The minimum Gasteiger partial charge on any atom is -0.333 e. The minimum atomic E-state index is 0.0814. The summed E-state index contributed by atoms with van der Waals surface area (Å²) in [7, 11) is 0. The van der Waals surface area contributed by atoms with Crippen LogP contribution in [0.2, 0.25) is 0 Å². The first-order valence-corrected chi connectivity index (χ1v) is 8.91. The number of nitrogens with zero attached hydrogens (tertiary/aromatic N) is 3. The molecule has 0 spiro atoms. The van der Waals surface area contributed by atoms with Crippen LogP contribution in [0.15, 0.2) is 30.7 Å². The molecule has 0 aromatic carbocycles. The summed E-state index contributed by atoms with van der Waals surface area (Å²) in [4.78, 5) is 24.1. The first-order chi connectivity index (χ1) is 11.3. The van der Waals surface area contributed by atoms with Crippen molar-refractivity contribution in [1.29, 1.82) is 0 Å². The second-order valence-electron chi connectivity index (χ2n) is 5.88. The molecular weight excluding hydrogens is 308 g/mol. The Hall–Kier alpha value is -1.79. The van der Waals surface area contributed by atoms with E-state index in [0.717, 1.165) is 47.9 Å². The van der Waals surface area contributed by atoms with Crippen molar-refractivity contribution >= 4 is 17.2 Å². The molecule has 0 saturated carbocycles. The molecule has 122 valence electrons. The maximum absolute atomic E-state index is 12.9. The normalized spacial score (nSPS) is 17.3. The largest absolute Gasteiger partial charge is 0.333 e. The second-order valence-corrected chi connectivity index (χ2v) is 6.99. The van der Waals surface area contributed by atoms with Gasteiger partial charge in [-0.05, 0) is 43.5 Å². The van der Waals surface area contributed by atoms with Gasteiger partial charge in [-0.3, -0.25) is 9.78 Å². The molecule has 0 aliphatic carbocycles. The van der Waals surface area contributed by atoms with Gasteiger partial charge >= 0.3 is 0 Å². The number of rotatable bonds is 6. The highest BCUT2D eigenvalue weighted by molar-refractivity contribution is 7.13. The summed E-state index contributed by atoms with van der Waals surface area (Å²) in [6.45, 7) is 5.47. The van der Waals surface area contributed by atoms with Crippen molar-refractivity contribution < 1.29 is 4.79 Å². The number of pyridine rings is 1. The molecule has 0 unspecified atom stereocenters. The smallest absolute Gasteiger partial charge is 0.265 e. The number of carbonyl (C=O) groups is 1. The number of thiazole rings is 1. The Balaban J connectivity index is 1.76. The number of hydrogen-bond donors (Lipinski definition) is 1. The number of aromatic nitrogens is 2. The Bertz CT molecular complexity index is 637. The molecule has 2 aromatic rings. The molecule has 1 aliphatic rings. The van der Waals surface area contributed by atoms with Gasteiger partial charge in [0, 0.05) is 25.5 Å². The third-order valence-electron chi connectivity index (χ3n) is 4.09. The molecular formula is C17H22N4OS. The van der Waals surface area contributed by atoms with Crippen molar-refractivity contribution in [2.45, 2.75) is 26.3 Å². The number of amides is 1. The number of hydrogen-bond acceptors (Lipinski definition) is 5. The van der Waals surface area contributed by atoms with Crippen LogP contribution in [0, 0.1) is 5.92 Å². The Labute approximate surface area is 140 Å². The third kappa shape index (κ3) is 4.14. The van der Waals surface area contributed by atoms with Crippen molar-refractivity contribution in [2.24, 2.45) is 5.92 Å². The molecule has 3 rings (SSSR count). The Morgan fingerprint density at radius 2 is 2.39 bits per heavy atom. The summed E-state index contributed by atoms with van der Waals surface area (Å²) in [6, 6.07) is 3.93. The lowest BCUT2D eigenvalue weighted by Gasteiger charge is -2.25. The van der Waals surface area contributed by atoms with Gasteiger partial charge in [0.25, 0.3) is 5.91 Å². The Morgan fingerprint density at radius 1 is 1.48 bits per heavy atom. The predicted octanol–water partition coefficient (Wildman–Crippen LogP) is 2.35. The highest BCUT2D eigenvalue weighted by atomic mass is 32.1. The van der Waals surface area contributed by atoms with Crippen LogP contribution >= 0.6 is 11.3 Å². The summed E-state index contributed by atoms with van der Waals surface area (Å²) in [5.41, 5.74) is 1.06. The van der Waals surface area contributed by atoms with Crippen LogP contribution in [0.4, 0.5) is 0 Å². The van der Waals surface area contributed by atoms with E-state index < -0.39 is 0 Å². The zero-order valence-electron chi connectivity index (χ0n) is 13.4. The summed E-state index contributed by atoms with van der Waals surface area (Å²) < 4.78 is 0. The zero-order chi connectivity index (χ0) is 16.1. The van der Waals surface area contributed by atoms with E-state index >= 15 is 0 Å². The lowest BCUT2D eigenvalue weighted by Crippen LogP contribution is -2.35. The van der Waals surface area contributed by atoms with Crippen LogP contribution in [-0.2, 0) is 13.0 Å². The average molecular weight is 330 g/mol. The minimum absolute atomic E-state index is 0.0814. The maximum atomic E-state index is 12.9. The zero-order valence-corrected chi connectivity index (χ0v) is 14.2. The van der Waals surface area contributed by atoms with Crippen LogP contribution in [-0.4, -0.2) is 40.4 Å². The molecule has 1 amide bonds. The monoisotopic (exact) mass is 330 g/mol. The van der Waals surface area contributed by atoms with Crippen molar-refractivity contribution in [2.75, 3.05) is 19.6 Å². The Morgan fingerprint density at radius 3 is 3.04 bits per heavy atom. The van der Waals surface area contributed by atoms with Crippen LogP contribution in [0.25, 0.3) is 0 Å². The Kier molecular flexibility index (Phi) is 5.35. The summed E-state index contributed by atoms with van der Waals surface area (Å²) in [5.74, 6) is 0.604. The molecule has 0 radical (unpaired) electrons. The van der Waals surface area contributed by atoms with E-state index in [9.17, 15) is 4.79 Å². The molecule has 6 heteroatoms. The molecule has 3 heterocycles. The lowest BCUT2D eigenvalue weighted by atomic mass is 10.1. The van der Waals surface area contributed by atoms with Gasteiger partial charge in [-0.1, -0.05) is 13.0 Å². The standard InChI is InChI=1S/C17H22N4OS/c1-2-16-20-10-15(23-16)17(22)21(12-14-5-7-19-9-14)11-13-4-3-6-18-8-13/h3-4,6,8,10,14,19H,2,5,7,9,11-12H2,1H3/t14-/m0/s1. The van der Waals surface area contributed by atoms with Gasteiger partial charge in [0.1, 0.15) is 4.88 Å². The first-order valence-electron chi connectivity index (χ1n) is 8.10. The van der Waals surface area contributed by atoms with Crippen LogP contribution in [0.3, 0.4) is 0 Å². The third-order valence-corrected chi connectivity index (χ3v) is 5.22. The average Bonchev–Trinajstić information content (AvgIpc) is 3.26. The van der Waals surface area contributed by atoms with Crippen molar-refractivity contribution in [3.05, 3.63) is 46.2 Å². The molecule has 1 atom stereocenters. The molecule has 0 bridgehead atoms. The number of aryl methyl sites for hydroxylation is 1. The van der Waals surface area contributed by atoms with Gasteiger partial charge < -0.3 is 10.2 Å². The predicted molar refractivity (Wildman–Crippen MR) is 91.4 cm³/mol. The number of nitrogens with one attached hydrogen (secondary N) is 1. The van der Waals surface area contributed by atoms with Crippen molar-refractivity contribution in [3.63, 3.8) is 0 Å². The van der Waals surface area contributed by atoms with Gasteiger partial charge in [0.2, 0.25) is 0 Å². The highest BCUT2D eigenvalue weighted by Gasteiger charge is 2.24. The quantitative estimate of drug-likeness (QED) is 0.883. The number of carbonyl (C=O) groups excluding carboxylic acids is 1. The van der Waals surface area contributed by atoms with Crippen LogP contribution < -0.4 is 5.32 Å². The van der Waals surface area contributed by atoms with E-state index in [0.29, 0.717) is 12.5 Å². The van der Waals surface area contributed by atoms with Gasteiger partial charge in [0.05, 0.1) is 11.2 Å². The summed E-state index contributed by atoms with van der Waals surface area (Å²) in [6.07, 6.45) is 7.30. The molecule has 1 aliphatic heterocycles. The fraction of sp³-hybridized carbons (Fsp3) is 0.471. The molecule has 1 fully saturated rings. The van der Waals surface area contributed by atoms with E-state index in [-0.39, 0.29) is 5.91 Å². The fourth-order valence-electron chi connectivity index (χ4n) is 2.84. The van der Waals surface area contributed by atoms with Gasteiger partial charge in [-0.2, -0.15) is 0 Å². The topological polar surface area (TPSA) is 58.1 Å². The molecule has 5 nitrogen and oxygen atoms in total. The van der Waals surface area contributed by atoms with Crippen LogP contribution in [0.5, 0.6) is 0 Å².